The monoisotopic (exact) mass is 457 g/mol. The summed E-state index contributed by atoms with van der Waals surface area (Å²) < 4.78 is 20.8. The van der Waals surface area contributed by atoms with Crippen molar-refractivity contribution in [2.75, 3.05) is 0 Å². The number of hydrogen-bond acceptors (Lipinski definition) is 4. The summed E-state index contributed by atoms with van der Waals surface area (Å²) in [5.41, 5.74) is 1.02. The first-order valence-corrected chi connectivity index (χ1v) is 10.3. The third kappa shape index (κ3) is 5.20. The Bertz CT molecular complexity index is 924. The number of benzene rings is 2. The van der Waals surface area contributed by atoms with Gasteiger partial charge in [-0.2, -0.15) is 0 Å². The molecule has 3 aromatic rings. The summed E-state index contributed by atoms with van der Waals surface area (Å²) in [6.45, 7) is 4.47. The molecular formula is C19H15Cl3FN3OS. The first kappa shape index (κ1) is 21.0. The molecule has 0 N–H and O–H groups in total. The average Bonchev–Trinajstić information content (AvgIpc) is 3.06. The molecule has 0 spiro atoms. The molecule has 0 radical (unpaired) electrons. The highest BCUT2D eigenvalue weighted by Gasteiger charge is 2.13. The zero-order valence-corrected chi connectivity index (χ0v) is 17.6. The first-order valence-electron chi connectivity index (χ1n) is 8.15. The Balaban J connectivity index is 1.70. The fourth-order valence-corrected chi connectivity index (χ4v) is 3.74. The lowest BCUT2D eigenvalue weighted by Crippen LogP contribution is -2.07. The summed E-state index contributed by atoms with van der Waals surface area (Å²) in [5.74, 6) is 1.23. The standard InChI is InChI=1S/C19H15Cl3FN3OS/c1-2-7-26-18(10-27-13-4-6-17(23)16(22)9-13)24-25-19(26)28-11-12-3-5-14(20)15(21)8-12/h2-6,8-9H,1,7,10-11H2. The van der Waals surface area contributed by atoms with Crippen LogP contribution in [0.1, 0.15) is 11.4 Å². The van der Waals surface area contributed by atoms with Crippen molar-refractivity contribution in [3.8, 4) is 5.75 Å². The van der Waals surface area contributed by atoms with E-state index in [1.807, 2.05) is 16.7 Å². The van der Waals surface area contributed by atoms with Gasteiger partial charge in [-0.1, -0.05) is 58.7 Å². The van der Waals surface area contributed by atoms with Crippen LogP contribution in [0.25, 0.3) is 0 Å². The van der Waals surface area contributed by atoms with E-state index < -0.39 is 5.82 Å². The zero-order valence-electron chi connectivity index (χ0n) is 14.5. The van der Waals surface area contributed by atoms with Crippen LogP contribution < -0.4 is 4.74 Å². The van der Waals surface area contributed by atoms with E-state index in [0.717, 1.165) is 10.7 Å². The molecule has 1 heterocycles. The summed E-state index contributed by atoms with van der Waals surface area (Å²) in [5, 5.41) is 10.2. The fraction of sp³-hybridized carbons (Fsp3) is 0.158. The molecule has 1 aromatic heterocycles. The van der Waals surface area contributed by atoms with Gasteiger partial charge in [0.05, 0.1) is 15.1 Å². The van der Waals surface area contributed by atoms with Crippen molar-refractivity contribution in [3.63, 3.8) is 0 Å². The van der Waals surface area contributed by atoms with Gasteiger partial charge in [0.2, 0.25) is 0 Å². The van der Waals surface area contributed by atoms with Crippen LogP contribution >= 0.6 is 46.6 Å². The van der Waals surface area contributed by atoms with Crippen LogP contribution in [0.5, 0.6) is 5.75 Å². The maximum atomic E-state index is 13.3. The van der Waals surface area contributed by atoms with Gasteiger partial charge in [0.1, 0.15) is 18.2 Å². The van der Waals surface area contributed by atoms with Gasteiger partial charge < -0.3 is 4.74 Å². The van der Waals surface area contributed by atoms with Crippen LogP contribution in [-0.4, -0.2) is 14.8 Å². The van der Waals surface area contributed by atoms with Gasteiger partial charge in [0.25, 0.3) is 0 Å². The molecule has 0 aliphatic carbocycles. The number of ether oxygens (including phenoxy) is 1. The molecule has 0 fully saturated rings. The molecule has 0 aliphatic heterocycles. The molecule has 0 amide bonds. The van der Waals surface area contributed by atoms with E-state index >= 15 is 0 Å². The van der Waals surface area contributed by atoms with E-state index in [4.69, 9.17) is 39.5 Å². The molecule has 0 atom stereocenters. The molecular weight excluding hydrogens is 444 g/mol. The summed E-state index contributed by atoms with van der Waals surface area (Å²) in [6.07, 6.45) is 1.75. The van der Waals surface area contributed by atoms with Crippen LogP contribution in [-0.2, 0) is 18.9 Å². The van der Waals surface area contributed by atoms with Crippen LogP contribution in [0.2, 0.25) is 15.1 Å². The van der Waals surface area contributed by atoms with Gasteiger partial charge in [-0.25, -0.2) is 4.39 Å². The van der Waals surface area contributed by atoms with Crippen LogP contribution in [0.3, 0.4) is 0 Å². The molecule has 0 unspecified atom stereocenters. The number of halogens is 4. The minimum atomic E-state index is -0.496. The minimum Gasteiger partial charge on any atom is -0.486 e. The van der Waals surface area contributed by atoms with Gasteiger partial charge >= 0.3 is 0 Å². The van der Waals surface area contributed by atoms with E-state index in [1.165, 1.54) is 30.0 Å². The third-order valence-electron chi connectivity index (χ3n) is 3.72. The Morgan fingerprint density at radius 1 is 1.07 bits per heavy atom. The van der Waals surface area contributed by atoms with Crippen molar-refractivity contribution in [1.29, 1.82) is 0 Å². The molecule has 146 valence electrons. The fourth-order valence-electron chi connectivity index (χ4n) is 2.34. The lowest BCUT2D eigenvalue weighted by molar-refractivity contribution is 0.288. The molecule has 0 bridgehead atoms. The molecule has 28 heavy (non-hydrogen) atoms. The molecule has 0 saturated carbocycles. The molecule has 4 nitrogen and oxygen atoms in total. The smallest absolute Gasteiger partial charge is 0.191 e. The van der Waals surface area contributed by atoms with Gasteiger partial charge in [0, 0.05) is 18.4 Å². The molecule has 9 heteroatoms. The minimum absolute atomic E-state index is 0.00271. The van der Waals surface area contributed by atoms with Crippen molar-refractivity contribution in [2.45, 2.75) is 24.1 Å². The van der Waals surface area contributed by atoms with Crippen LogP contribution in [0.15, 0.2) is 54.2 Å². The molecule has 0 saturated heterocycles. The predicted octanol–water partition coefficient (Wildman–Crippen LogP) is 6.43. The second-order valence-electron chi connectivity index (χ2n) is 5.70. The molecule has 2 aromatic carbocycles. The second-order valence-corrected chi connectivity index (χ2v) is 7.86. The van der Waals surface area contributed by atoms with E-state index in [9.17, 15) is 4.39 Å². The highest BCUT2D eigenvalue weighted by Crippen LogP contribution is 2.28. The van der Waals surface area contributed by atoms with Crippen LogP contribution in [0, 0.1) is 5.82 Å². The molecule has 0 aliphatic rings. The number of aromatic nitrogens is 3. The highest BCUT2D eigenvalue weighted by atomic mass is 35.5. The van der Waals surface area contributed by atoms with Gasteiger partial charge in [-0.15, -0.1) is 16.8 Å². The van der Waals surface area contributed by atoms with Gasteiger partial charge in [-0.3, -0.25) is 4.57 Å². The summed E-state index contributed by atoms with van der Waals surface area (Å²) in [4.78, 5) is 0. The average molecular weight is 459 g/mol. The predicted molar refractivity (Wildman–Crippen MR) is 112 cm³/mol. The Morgan fingerprint density at radius 2 is 1.89 bits per heavy atom. The summed E-state index contributed by atoms with van der Waals surface area (Å²) >= 11 is 19.3. The van der Waals surface area contributed by atoms with Gasteiger partial charge in [-0.05, 0) is 29.8 Å². The van der Waals surface area contributed by atoms with Crippen molar-refractivity contribution < 1.29 is 9.13 Å². The third-order valence-corrected chi connectivity index (χ3v) is 5.78. The van der Waals surface area contributed by atoms with Crippen LogP contribution in [0.4, 0.5) is 4.39 Å². The Morgan fingerprint density at radius 3 is 2.61 bits per heavy atom. The first-order chi connectivity index (χ1) is 13.5. The quantitative estimate of drug-likeness (QED) is 0.288. The Hall–Kier alpha value is -1.73. The lowest BCUT2D eigenvalue weighted by atomic mass is 10.2. The van der Waals surface area contributed by atoms with E-state index in [1.54, 1.807) is 12.1 Å². The number of allylic oxidation sites excluding steroid dienone is 1. The number of thioether (sulfide) groups is 1. The lowest BCUT2D eigenvalue weighted by Gasteiger charge is -2.10. The zero-order chi connectivity index (χ0) is 20.1. The Labute approximate surface area is 181 Å². The highest BCUT2D eigenvalue weighted by molar-refractivity contribution is 7.98. The maximum Gasteiger partial charge on any atom is 0.191 e. The van der Waals surface area contributed by atoms with Crippen molar-refractivity contribution in [3.05, 3.63) is 81.3 Å². The van der Waals surface area contributed by atoms with Crippen molar-refractivity contribution in [1.82, 2.24) is 14.8 Å². The number of rotatable bonds is 8. The Kier molecular flexibility index (Phi) is 7.24. The maximum absolute atomic E-state index is 13.3. The number of nitrogens with zero attached hydrogens (tertiary/aromatic N) is 3. The second kappa shape index (κ2) is 9.65. The normalized spacial score (nSPS) is 10.9. The number of hydrogen-bond donors (Lipinski definition) is 0. The summed E-state index contributed by atoms with van der Waals surface area (Å²) in [7, 11) is 0. The van der Waals surface area contributed by atoms with Crippen molar-refractivity contribution >= 4 is 46.6 Å². The SMILES string of the molecule is C=CCn1c(COc2ccc(F)c(Cl)c2)nnc1SCc1ccc(Cl)c(Cl)c1. The van der Waals surface area contributed by atoms with E-state index in [0.29, 0.717) is 33.9 Å². The van der Waals surface area contributed by atoms with Gasteiger partial charge in [0.15, 0.2) is 11.0 Å². The van der Waals surface area contributed by atoms with E-state index in [2.05, 4.69) is 16.8 Å². The van der Waals surface area contributed by atoms with E-state index in [-0.39, 0.29) is 11.6 Å². The summed E-state index contributed by atoms with van der Waals surface area (Å²) in [6, 6.07) is 9.69. The largest absolute Gasteiger partial charge is 0.486 e. The van der Waals surface area contributed by atoms with Crippen molar-refractivity contribution in [2.24, 2.45) is 0 Å². The topological polar surface area (TPSA) is 39.9 Å². The molecule has 3 rings (SSSR count).